The molecule has 0 radical (unpaired) electrons. The maximum atomic E-state index is 12.8. The second-order valence-corrected chi connectivity index (χ2v) is 6.38. The Bertz CT molecular complexity index is 532. The van der Waals surface area contributed by atoms with Crippen molar-refractivity contribution in [3.05, 3.63) is 29.3 Å². The van der Waals surface area contributed by atoms with Gasteiger partial charge in [0.25, 0.3) is 0 Å². The summed E-state index contributed by atoms with van der Waals surface area (Å²) in [6.07, 6.45) is -3.26. The number of hydrogen-bond donors (Lipinski definition) is 1. The molecular weight excluding hydrogens is 297 g/mol. The van der Waals surface area contributed by atoms with Crippen LogP contribution in [0.3, 0.4) is 0 Å². The van der Waals surface area contributed by atoms with Gasteiger partial charge in [-0.25, -0.2) is 0 Å². The van der Waals surface area contributed by atoms with Gasteiger partial charge in [-0.05, 0) is 36.5 Å². The van der Waals surface area contributed by atoms with Gasteiger partial charge in [0.05, 0.1) is 5.56 Å². The summed E-state index contributed by atoms with van der Waals surface area (Å²) in [6.45, 7) is 5.91. The summed E-state index contributed by atoms with van der Waals surface area (Å²) in [6, 6.07) is 3.64. The minimum atomic E-state index is -4.39. The molecule has 0 bridgehead atoms. The predicted molar refractivity (Wildman–Crippen MR) is 82.5 cm³/mol. The van der Waals surface area contributed by atoms with E-state index in [0.29, 0.717) is 23.1 Å². The van der Waals surface area contributed by atoms with Gasteiger partial charge in [0.1, 0.15) is 4.99 Å². The number of hydrogen-bond acceptors (Lipinski definition) is 2. The molecule has 1 fully saturated rings. The average molecular weight is 316 g/mol. The van der Waals surface area contributed by atoms with Gasteiger partial charge in [-0.3, -0.25) is 0 Å². The van der Waals surface area contributed by atoms with Gasteiger partial charge < -0.3 is 10.6 Å². The molecule has 2 atom stereocenters. The zero-order valence-corrected chi connectivity index (χ0v) is 12.9. The molecular formula is C15H19F3N2S. The molecule has 1 aliphatic heterocycles. The highest BCUT2D eigenvalue weighted by atomic mass is 32.1. The van der Waals surface area contributed by atoms with Crippen LogP contribution in [0.2, 0.25) is 0 Å². The highest BCUT2D eigenvalue weighted by Crippen LogP contribution is 2.34. The minimum absolute atomic E-state index is 0.00183. The number of piperidine rings is 1. The van der Waals surface area contributed by atoms with Crippen molar-refractivity contribution in [2.45, 2.75) is 26.4 Å². The van der Waals surface area contributed by atoms with Crippen molar-refractivity contribution in [2.75, 3.05) is 18.0 Å². The lowest BCUT2D eigenvalue weighted by molar-refractivity contribution is -0.137. The van der Waals surface area contributed by atoms with Crippen molar-refractivity contribution < 1.29 is 13.2 Å². The van der Waals surface area contributed by atoms with Crippen LogP contribution in [0.5, 0.6) is 0 Å². The van der Waals surface area contributed by atoms with Gasteiger partial charge in [-0.2, -0.15) is 13.2 Å². The van der Waals surface area contributed by atoms with Crippen molar-refractivity contribution in [1.82, 2.24) is 0 Å². The van der Waals surface area contributed by atoms with E-state index >= 15 is 0 Å². The Morgan fingerprint density at radius 1 is 1.24 bits per heavy atom. The number of benzene rings is 1. The Labute approximate surface area is 128 Å². The fourth-order valence-electron chi connectivity index (χ4n) is 3.05. The normalized spacial score (nSPS) is 23.2. The lowest BCUT2D eigenvalue weighted by Gasteiger charge is -2.37. The number of thiocarbonyl (C=S) groups is 1. The van der Waals surface area contributed by atoms with Crippen molar-refractivity contribution in [3.8, 4) is 0 Å². The summed E-state index contributed by atoms with van der Waals surface area (Å²) in [5.74, 6) is 0.991. The number of anilines is 1. The first kappa shape index (κ1) is 16.1. The monoisotopic (exact) mass is 316 g/mol. The molecule has 2 rings (SSSR count). The molecule has 2 N–H and O–H groups in total. The van der Waals surface area contributed by atoms with E-state index in [1.165, 1.54) is 6.07 Å². The molecule has 6 heteroatoms. The molecule has 0 amide bonds. The van der Waals surface area contributed by atoms with Crippen molar-refractivity contribution in [3.63, 3.8) is 0 Å². The molecule has 1 aliphatic rings. The van der Waals surface area contributed by atoms with Crippen LogP contribution in [0, 0.1) is 11.8 Å². The van der Waals surface area contributed by atoms with E-state index in [0.717, 1.165) is 31.6 Å². The maximum Gasteiger partial charge on any atom is 0.416 e. The molecule has 1 aromatic carbocycles. The van der Waals surface area contributed by atoms with E-state index in [1.807, 2.05) is 0 Å². The standard InChI is InChI=1S/C15H19F3N2S/c1-9-5-10(2)8-20(7-9)13-4-3-11(15(16,17)18)6-12(13)14(19)21/h3-4,6,9-10H,5,7-8H2,1-2H3,(H2,19,21). The molecule has 116 valence electrons. The van der Waals surface area contributed by atoms with E-state index in [2.05, 4.69) is 18.7 Å². The average Bonchev–Trinajstić information content (AvgIpc) is 2.35. The molecule has 0 spiro atoms. The first-order valence-electron chi connectivity index (χ1n) is 6.94. The van der Waals surface area contributed by atoms with Gasteiger partial charge in [-0.15, -0.1) is 0 Å². The van der Waals surface area contributed by atoms with E-state index in [9.17, 15) is 13.2 Å². The summed E-state index contributed by atoms with van der Waals surface area (Å²) >= 11 is 4.94. The summed E-state index contributed by atoms with van der Waals surface area (Å²) in [5.41, 5.74) is 5.93. The molecule has 21 heavy (non-hydrogen) atoms. The highest BCUT2D eigenvalue weighted by molar-refractivity contribution is 7.80. The molecule has 1 aromatic rings. The smallest absolute Gasteiger partial charge is 0.389 e. The predicted octanol–water partition coefficient (Wildman–Crippen LogP) is 3.82. The number of rotatable bonds is 2. The zero-order chi connectivity index (χ0) is 15.8. The second-order valence-electron chi connectivity index (χ2n) is 5.94. The van der Waals surface area contributed by atoms with Crippen LogP contribution < -0.4 is 10.6 Å². The molecule has 2 unspecified atom stereocenters. The van der Waals surface area contributed by atoms with Crippen LogP contribution in [0.25, 0.3) is 0 Å². The van der Waals surface area contributed by atoms with E-state index < -0.39 is 11.7 Å². The molecule has 2 nitrogen and oxygen atoms in total. The van der Waals surface area contributed by atoms with Crippen LogP contribution in [0.1, 0.15) is 31.4 Å². The number of halogens is 3. The summed E-state index contributed by atoms with van der Waals surface area (Å²) in [4.78, 5) is 2.09. The lowest BCUT2D eigenvalue weighted by atomic mass is 9.91. The third kappa shape index (κ3) is 3.67. The van der Waals surface area contributed by atoms with Gasteiger partial charge in [0.15, 0.2) is 0 Å². The van der Waals surface area contributed by atoms with E-state index in [-0.39, 0.29) is 4.99 Å². The van der Waals surface area contributed by atoms with Crippen LogP contribution >= 0.6 is 12.2 Å². The lowest BCUT2D eigenvalue weighted by Crippen LogP contribution is -2.39. The van der Waals surface area contributed by atoms with Crippen LogP contribution in [0.4, 0.5) is 18.9 Å². The largest absolute Gasteiger partial charge is 0.416 e. The van der Waals surface area contributed by atoms with Crippen molar-refractivity contribution in [2.24, 2.45) is 17.6 Å². The first-order chi connectivity index (χ1) is 9.68. The number of nitrogens with zero attached hydrogens (tertiary/aromatic N) is 1. The summed E-state index contributed by atoms with van der Waals surface area (Å²) in [7, 11) is 0. The topological polar surface area (TPSA) is 29.3 Å². The third-order valence-electron chi connectivity index (χ3n) is 3.80. The second kappa shape index (κ2) is 5.83. The maximum absolute atomic E-state index is 12.8. The summed E-state index contributed by atoms with van der Waals surface area (Å²) < 4.78 is 38.5. The number of nitrogens with two attached hydrogens (primary N) is 1. The fourth-order valence-corrected chi connectivity index (χ4v) is 3.21. The van der Waals surface area contributed by atoms with Crippen molar-refractivity contribution in [1.29, 1.82) is 0 Å². The molecule has 0 saturated carbocycles. The van der Waals surface area contributed by atoms with Crippen LogP contribution in [0.15, 0.2) is 18.2 Å². The third-order valence-corrected chi connectivity index (χ3v) is 4.02. The summed E-state index contributed by atoms with van der Waals surface area (Å²) in [5, 5.41) is 0. The Morgan fingerprint density at radius 3 is 2.29 bits per heavy atom. The van der Waals surface area contributed by atoms with Crippen molar-refractivity contribution >= 4 is 22.9 Å². The Morgan fingerprint density at radius 2 is 1.81 bits per heavy atom. The van der Waals surface area contributed by atoms with E-state index in [1.54, 1.807) is 0 Å². The van der Waals surface area contributed by atoms with Gasteiger partial charge in [0.2, 0.25) is 0 Å². The van der Waals surface area contributed by atoms with Gasteiger partial charge in [-0.1, -0.05) is 26.1 Å². The van der Waals surface area contributed by atoms with E-state index in [4.69, 9.17) is 18.0 Å². The highest BCUT2D eigenvalue weighted by Gasteiger charge is 2.32. The van der Waals surface area contributed by atoms with Gasteiger partial charge >= 0.3 is 6.18 Å². The van der Waals surface area contributed by atoms with Crippen LogP contribution in [-0.4, -0.2) is 18.1 Å². The SMILES string of the molecule is CC1CC(C)CN(c2ccc(C(F)(F)F)cc2C(N)=S)C1. The minimum Gasteiger partial charge on any atom is -0.389 e. The van der Waals surface area contributed by atoms with Gasteiger partial charge in [0, 0.05) is 24.3 Å². The molecule has 0 aromatic heterocycles. The first-order valence-corrected chi connectivity index (χ1v) is 7.35. The Balaban J connectivity index is 2.41. The number of alkyl halides is 3. The zero-order valence-electron chi connectivity index (χ0n) is 12.1. The Hall–Kier alpha value is -1.30. The fraction of sp³-hybridized carbons (Fsp3) is 0.533. The molecule has 1 heterocycles. The molecule has 1 saturated heterocycles. The quantitative estimate of drug-likeness (QED) is 0.841. The van der Waals surface area contributed by atoms with Crippen LogP contribution in [-0.2, 0) is 6.18 Å². The molecule has 0 aliphatic carbocycles. The Kier molecular flexibility index (Phi) is 4.46.